The van der Waals surface area contributed by atoms with Gasteiger partial charge < -0.3 is 10.6 Å². The molecule has 1 aliphatic heterocycles. The van der Waals surface area contributed by atoms with Gasteiger partial charge in [-0.2, -0.15) is 0 Å². The molecule has 2 aromatic rings. The summed E-state index contributed by atoms with van der Waals surface area (Å²) < 4.78 is 0. The molecule has 21 heavy (non-hydrogen) atoms. The third kappa shape index (κ3) is 2.34. The van der Waals surface area contributed by atoms with Crippen LogP contribution in [0, 0.1) is 10.1 Å². The van der Waals surface area contributed by atoms with Crippen LogP contribution in [-0.2, 0) is 0 Å². The molecule has 3 rings (SSSR count). The van der Waals surface area contributed by atoms with E-state index in [1.54, 1.807) is 12.3 Å². The Morgan fingerprint density at radius 3 is 2.90 bits per heavy atom. The number of nitrogens with two attached hydrogens (primary N) is 1. The highest BCUT2D eigenvalue weighted by atomic mass is 16.6. The zero-order valence-electron chi connectivity index (χ0n) is 11.5. The van der Waals surface area contributed by atoms with Gasteiger partial charge in [0.2, 0.25) is 5.82 Å². The third-order valence-electron chi connectivity index (χ3n) is 3.80. The van der Waals surface area contributed by atoms with E-state index >= 15 is 0 Å². The second-order valence-electron chi connectivity index (χ2n) is 5.05. The minimum Gasteiger partial charge on any atom is -0.330 e. The normalized spacial score (nSPS) is 16.8. The number of para-hydroxylation sites is 1. The lowest BCUT2D eigenvalue weighted by Crippen LogP contribution is -2.19. The fourth-order valence-corrected chi connectivity index (χ4v) is 2.88. The van der Waals surface area contributed by atoms with Crippen LogP contribution in [0.5, 0.6) is 0 Å². The average Bonchev–Trinajstić information content (AvgIpc) is 2.87. The predicted octanol–water partition coefficient (Wildman–Crippen LogP) is 2.57. The van der Waals surface area contributed by atoms with Crippen molar-refractivity contribution in [2.24, 2.45) is 5.73 Å². The van der Waals surface area contributed by atoms with E-state index < -0.39 is 0 Å². The van der Waals surface area contributed by atoms with Gasteiger partial charge in [-0.25, -0.2) is 4.98 Å². The number of nitro groups is 1. The molecule has 0 radical (unpaired) electrons. The van der Waals surface area contributed by atoms with Crippen LogP contribution in [0.3, 0.4) is 0 Å². The highest BCUT2D eigenvalue weighted by molar-refractivity contribution is 5.74. The van der Waals surface area contributed by atoms with Gasteiger partial charge in [0.05, 0.1) is 4.92 Å². The van der Waals surface area contributed by atoms with Crippen molar-refractivity contribution in [3.8, 4) is 0 Å². The number of hydrogen-bond donors (Lipinski definition) is 1. The van der Waals surface area contributed by atoms with Crippen molar-refractivity contribution in [3.63, 3.8) is 0 Å². The molecule has 1 aliphatic rings. The van der Waals surface area contributed by atoms with E-state index in [0.717, 1.165) is 12.1 Å². The molecule has 1 aromatic heterocycles. The maximum Gasteiger partial charge on any atom is 0.311 e. The second kappa shape index (κ2) is 5.49. The molecular formula is C15H16N4O2. The van der Waals surface area contributed by atoms with Crippen LogP contribution in [0.4, 0.5) is 17.2 Å². The molecule has 2 heterocycles. The molecule has 2 N–H and O–H groups in total. The lowest BCUT2D eigenvalue weighted by molar-refractivity contribution is -0.384. The number of benzene rings is 1. The average molecular weight is 284 g/mol. The van der Waals surface area contributed by atoms with Gasteiger partial charge in [-0.15, -0.1) is 0 Å². The summed E-state index contributed by atoms with van der Waals surface area (Å²) in [6.07, 6.45) is 2.44. The van der Waals surface area contributed by atoms with Crippen LogP contribution in [-0.4, -0.2) is 23.0 Å². The molecule has 0 aliphatic carbocycles. The molecule has 0 bridgehead atoms. The Bertz CT molecular complexity index is 674. The fourth-order valence-electron chi connectivity index (χ4n) is 2.88. The lowest BCUT2D eigenvalue weighted by Gasteiger charge is -2.18. The molecular weight excluding hydrogens is 268 g/mol. The summed E-state index contributed by atoms with van der Waals surface area (Å²) in [5, 5.41) is 11.2. The van der Waals surface area contributed by atoms with Gasteiger partial charge in [0.25, 0.3) is 0 Å². The largest absolute Gasteiger partial charge is 0.330 e. The number of aromatic nitrogens is 1. The van der Waals surface area contributed by atoms with Crippen molar-refractivity contribution in [1.82, 2.24) is 4.98 Å². The van der Waals surface area contributed by atoms with Crippen molar-refractivity contribution in [3.05, 3.63) is 58.3 Å². The number of fused-ring (bicyclic) bond motifs is 1. The summed E-state index contributed by atoms with van der Waals surface area (Å²) in [5.41, 5.74) is 7.88. The highest BCUT2D eigenvalue weighted by Crippen LogP contribution is 2.43. The van der Waals surface area contributed by atoms with Crippen molar-refractivity contribution >= 4 is 17.2 Å². The van der Waals surface area contributed by atoms with E-state index in [1.807, 2.05) is 23.1 Å². The van der Waals surface area contributed by atoms with Gasteiger partial charge in [-0.05, 0) is 30.7 Å². The Morgan fingerprint density at radius 2 is 2.14 bits per heavy atom. The number of anilines is 2. The molecule has 1 atom stereocenters. The Hall–Kier alpha value is -2.47. The number of pyridine rings is 1. The summed E-state index contributed by atoms with van der Waals surface area (Å²) in [4.78, 5) is 17.0. The second-order valence-corrected chi connectivity index (χ2v) is 5.05. The molecule has 0 amide bonds. The van der Waals surface area contributed by atoms with E-state index in [9.17, 15) is 10.1 Å². The fraction of sp³-hybridized carbons (Fsp3) is 0.267. The number of nitrogens with zero attached hydrogens (tertiary/aromatic N) is 3. The molecule has 6 heteroatoms. The van der Waals surface area contributed by atoms with E-state index in [0.29, 0.717) is 18.9 Å². The Morgan fingerprint density at radius 1 is 1.33 bits per heavy atom. The lowest BCUT2D eigenvalue weighted by atomic mass is 9.98. The molecule has 6 nitrogen and oxygen atoms in total. The van der Waals surface area contributed by atoms with Gasteiger partial charge in [0, 0.05) is 30.4 Å². The Balaban J connectivity index is 2.07. The SMILES string of the molecule is NCCC1CN(c2ncccc2[N+](=O)[O-])c2ccccc21. The van der Waals surface area contributed by atoms with Gasteiger partial charge in [0.15, 0.2) is 0 Å². The Labute approximate surface area is 122 Å². The van der Waals surface area contributed by atoms with E-state index in [4.69, 9.17) is 5.73 Å². The van der Waals surface area contributed by atoms with Gasteiger partial charge >= 0.3 is 5.69 Å². The first-order valence-electron chi connectivity index (χ1n) is 6.88. The first kappa shape index (κ1) is 13.5. The van der Waals surface area contributed by atoms with Crippen molar-refractivity contribution < 1.29 is 4.92 Å². The predicted molar refractivity (Wildman–Crippen MR) is 80.8 cm³/mol. The zero-order chi connectivity index (χ0) is 14.8. The summed E-state index contributed by atoms with van der Waals surface area (Å²) >= 11 is 0. The molecule has 0 saturated carbocycles. The summed E-state index contributed by atoms with van der Waals surface area (Å²) in [6.45, 7) is 1.27. The molecule has 0 fully saturated rings. The smallest absolute Gasteiger partial charge is 0.311 e. The molecule has 1 unspecified atom stereocenters. The van der Waals surface area contributed by atoms with Gasteiger partial charge in [-0.3, -0.25) is 10.1 Å². The van der Waals surface area contributed by atoms with E-state index in [2.05, 4.69) is 11.1 Å². The topological polar surface area (TPSA) is 85.3 Å². The van der Waals surface area contributed by atoms with Crippen LogP contribution >= 0.6 is 0 Å². The van der Waals surface area contributed by atoms with Crippen molar-refractivity contribution in [2.45, 2.75) is 12.3 Å². The number of hydrogen-bond acceptors (Lipinski definition) is 5. The highest BCUT2D eigenvalue weighted by Gasteiger charge is 2.32. The number of rotatable bonds is 4. The van der Waals surface area contributed by atoms with Gasteiger partial charge in [0.1, 0.15) is 0 Å². The quantitative estimate of drug-likeness (QED) is 0.689. The van der Waals surface area contributed by atoms with Gasteiger partial charge in [-0.1, -0.05) is 18.2 Å². The monoisotopic (exact) mass is 284 g/mol. The summed E-state index contributed by atoms with van der Waals surface area (Å²) in [6, 6.07) is 11.0. The summed E-state index contributed by atoms with van der Waals surface area (Å²) in [7, 11) is 0. The molecule has 0 spiro atoms. The minimum atomic E-state index is -0.388. The van der Waals surface area contributed by atoms with Crippen LogP contribution < -0.4 is 10.6 Å². The zero-order valence-corrected chi connectivity index (χ0v) is 11.5. The van der Waals surface area contributed by atoms with Crippen molar-refractivity contribution in [1.29, 1.82) is 0 Å². The maximum absolute atomic E-state index is 11.2. The maximum atomic E-state index is 11.2. The van der Waals surface area contributed by atoms with Crippen LogP contribution in [0.1, 0.15) is 17.9 Å². The van der Waals surface area contributed by atoms with Crippen LogP contribution in [0.15, 0.2) is 42.6 Å². The minimum absolute atomic E-state index is 0.0284. The Kier molecular flexibility index (Phi) is 3.53. The molecule has 1 aromatic carbocycles. The van der Waals surface area contributed by atoms with Crippen molar-refractivity contribution in [2.75, 3.05) is 18.0 Å². The third-order valence-corrected chi connectivity index (χ3v) is 3.80. The van der Waals surface area contributed by atoms with Crippen LogP contribution in [0.25, 0.3) is 0 Å². The molecule has 0 saturated heterocycles. The molecule has 108 valence electrons. The van der Waals surface area contributed by atoms with Crippen LogP contribution in [0.2, 0.25) is 0 Å². The van der Waals surface area contributed by atoms with E-state index in [1.165, 1.54) is 11.6 Å². The summed E-state index contributed by atoms with van der Waals surface area (Å²) in [5.74, 6) is 0.683. The first-order chi connectivity index (χ1) is 10.2. The van der Waals surface area contributed by atoms with E-state index in [-0.39, 0.29) is 16.5 Å². The standard InChI is InChI=1S/C15H16N4O2/c16-8-7-11-10-18(13-5-2-1-4-12(11)13)15-14(19(20)21)6-3-9-17-15/h1-6,9,11H,7-8,10,16H2. The first-order valence-corrected chi connectivity index (χ1v) is 6.88.